The van der Waals surface area contributed by atoms with Crippen LogP contribution in [0.1, 0.15) is 0 Å². The van der Waals surface area contributed by atoms with Crippen LogP contribution in [0.5, 0.6) is 0 Å². The monoisotopic (exact) mass is 193 g/mol. The number of hydrogen-bond acceptors (Lipinski definition) is 6. The summed E-state index contributed by atoms with van der Waals surface area (Å²) in [6, 6.07) is 0. The van der Waals surface area contributed by atoms with E-state index in [0.717, 1.165) is 0 Å². The zero-order chi connectivity index (χ0) is 10.4. The number of ketones is 1. The topological polar surface area (TPSA) is 110 Å². The number of nitrogens with one attached hydrogen (secondary N) is 1. The van der Waals surface area contributed by atoms with Gasteiger partial charge in [0.2, 0.25) is 0 Å². The van der Waals surface area contributed by atoms with E-state index in [-0.39, 0.29) is 6.54 Å². The second-order valence-electron chi connectivity index (χ2n) is 2.67. The fourth-order valence-corrected chi connectivity index (χ4v) is 0.781. The lowest BCUT2D eigenvalue weighted by molar-refractivity contribution is -0.142. The number of aliphatic hydroxyl groups excluding tert-OH is 4. The Morgan fingerprint density at radius 2 is 1.92 bits per heavy atom. The molecule has 0 aromatic carbocycles. The largest absolute Gasteiger partial charge is 0.394 e. The molecular weight excluding hydrogens is 178 g/mol. The molecule has 0 spiro atoms. The van der Waals surface area contributed by atoms with Gasteiger partial charge in [-0.1, -0.05) is 0 Å². The van der Waals surface area contributed by atoms with Crippen molar-refractivity contribution in [3.05, 3.63) is 0 Å². The first-order chi connectivity index (χ1) is 6.04. The Bertz CT molecular complexity index is 163. The summed E-state index contributed by atoms with van der Waals surface area (Å²) in [4.78, 5) is 11.0. The van der Waals surface area contributed by atoms with Crippen molar-refractivity contribution in [1.29, 1.82) is 0 Å². The van der Waals surface area contributed by atoms with Crippen molar-refractivity contribution < 1.29 is 25.2 Å². The first kappa shape index (κ1) is 12.5. The Morgan fingerprint density at radius 1 is 1.38 bits per heavy atom. The van der Waals surface area contributed by atoms with E-state index in [1.165, 1.54) is 7.05 Å². The van der Waals surface area contributed by atoms with Crippen LogP contribution in [0.25, 0.3) is 0 Å². The Hall–Kier alpha value is -0.530. The van der Waals surface area contributed by atoms with Gasteiger partial charge in [0.1, 0.15) is 18.3 Å². The van der Waals surface area contributed by atoms with Gasteiger partial charge in [-0.2, -0.15) is 0 Å². The van der Waals surface area contributed by atoms with Gasteiger partial charge in [-0.15, -0.1) is 0 Å². The number of hydrogen-bond donors (Lipinski definition) is 5. The van der Waals surface area contributed by atoms with E-state index in [9.17, 15) is 4.79 Å². The van der Waals surface area contributed by atoms with E-state index >= 15 is 0 Å². The second kappa shape index (κ2) is 6.01. The van der Waals surface area contributed by atoms with Crippen LogP contribution in [0.3, 0.4) is 0 Å². The SMILES string of the molecule is CNC[C@H](O)C(=O)[C@H](O)C(O)CO. The molecule has 6 heteroatoms. The van der Waals surface area contributed by atoms with Gasteiger partial charge in [-0.3, -0.25) is 4.79 Å². The highest BCUT2D eigenvalue weighted by Crippen LogP contribution is 1.98. The molecule has 0 aliphatic carbocycles. The van der Waals surface area contributed by atoms with Crippen LogP contribution < -0.4 is 5.32 Å². The minimum atomic E-state index is -1.74. The van der Waals surface area contributed by atoms with Gasteiger partial charge >= 0.3 is 0 Å². The van der Waals surface area contributed by atoms with Gasteiger partial charge in [-0.25, -0.2) is 0 Å². The van der Waals surface area contributed by atoms with Crippen LogP contribution in [0.2, 0.25) is 0 Å². The highest BCUT2D eigenvalue weighted by Gasteiger charge is 2.28. The molecule has 0 aliphatic heterocycles. The van der Waals surface area contributed by atoms with Crippen LogP contribution in [0.4, 0.5) is 0 Å². The molecule has 13 heavy (non-hydrogen) atoms. The van der Waals surface area contributed by atoms with Gasteiger partial charge in [-0.05, 0) is 7.05 Å². The lowest BCUT2D eigenvalue weighted by Crippen LogP contribution is -2.45. The first-order valence-electron chi connectivity index (χ1n) is 3.88. The third-order valence-corrected chi connectivity index (χ3v) is 1.57. The molecule has 0 fully saturated rings. The van der Waals surface area contributed by atoms with Crippen molar-refractivity contribution in [2.24, 2.45) is 0 Å². The minimum absolute atomic E-state index is 0.00591. The highest BCUT2D eigenvalue weighted by molar-refractivity contribution is 5.87. The summed E-state index contributed by atoms with van der Waals surface area (Å²) in [5.41, 5.74) is 0. The van der Waals surface area contributed by atoms with E-state index in [1.54, 1.807) is 0 Å². The van der Waals surface area contributed by atoms with Gasteiger partial charge in [0, 0.05) is 6.54 Å². The first-order valence-corrected chi connectivity index (χ1v) is 3.88. The van der Waals surface area contributed by atoms with Crippen LogP contribution in [-0.2, 0) is 4.79 Å². The van der Waals surface area contributed by atoms with Crippen molar-refractivity contribution >= 4 is 5.78 Å². The number of carbonyl (C=O) groups excluding carboxylic acids is 1. The summed E-state index contributed by atoms with van der Waals surface area (Å²) in [6.07, 6.45) is -4.66. The van der Waals surface area contributed by atoms with E-state index in [1.807, 2.05) is 0 Å². The lowest BCUT2D eigenvalue weighted by Gasteiger charge is -2.17. The van der Waals surface area contributed by atoms with Gasteiger partial charge in [0.15, 0.2) is 5.78 Å². The maximum Gasteiger partial charge on any atom is 0.193 e. The van der Waals surface area contributed by atoms with Crippen LogP contribution in [0, 0.1) is 0 Å². The molecule has 0 aromatic heterocycles. The molecule has 0 heterocycles. The summed E-state index contributed by atoms with van der Waals surface area (Å²) in [5, 5.41) is 37.9. The zero-order valence-electron chi connectivity index (χ0n) is 7.34. The molecule has 0 saturated carbocycles. The van der Waals surface area contributed by atoms with Gasteiger partial charge in [0.05, 0.1) is 6.61 Å². The smallest absolute Gasteiger partial charge is 0.193 e. The Balaban J connectivity index is 4.08. The zero-order valence-corrected chi connectivity index (χ0v) is 7.34. The molecular formula is C7H15NO5. The van der Waals surface area contributed by atoms with Crippen molar-refractivity contribution in [3.63, 3.8) is 0 Å². The van der Waals surface area contributed by atoms with E-state index in [2.05, 4.69) is 5.32 Å². The summed E-state index contributed by atoms with van der Waals surface area (Å²) in [5.74, 6) is -0.907. The standard InChI is InChI=1S/C7H15NO5/c1-8-2-4(10)6(12)7(13)5(11)3-9/h4-5,7-11,13H,2-3H2,1H3/t4-,5?,7+/m0/s1. The molecule has 78 valence electrons. The summed E-state index contributed by atoms with van der Waals surface area (Å²) < 4.78 is 0. The summed E-state index contributed by atoms with van der Waals surface area (Å²) in [7, 11) is 1.53. The van der Waals surface area contributed by atoms with Crippen molar-refractivity contribution in [3.8, 4) is 0 Å². The number of likely N-dealkylation sites (N-methyl/N-ethyl adjacent to an activating group) is 1. The summed E-state index contributed by atoms with van der Waals surface area (Å²) >= 11 is 0. The average molecular weight is 193 g/mol. The molecule has 3 atom stereocenters. The molecule has 0 rings (SSSR count). The Labute approximate surface area is 75.8 Å². The number of aliphatic hydroxyl groups is 4. The molecule has 0 saturated heterocycles. The van der Waals surface area contributed by atoms with Crippen LogP contribution in [-0.4, -0.2) is 64.7 Å². The molecule has 0 aromatic rings. The normalized spacial score (nSPS) is 17.9. The van der Waals surface area contributed by atoms with Crippen molar-refractivity contribution in [2.75, 3.05) is 20.2 Å². The molecule has 1 unspecified atom stereocenters. The van der Waals surface area contributed by atoms with Gasteiger partial charge in [0.25, 0.3) is 0 Å². The fourth-order valence-electron chi connectivity index (χ4n) is 0.781. The maximum absolute atomic E-state index is 11.0. The van der Waals surface area contributed by atoms with Crippen molar-refractivity contribution in [1.82, 2.24) is 5.32 Å². The Morgan fingerprint density at radius 3 is 2.31 bits per heavy atom. The fraction of sp³-hybridized carbons (Fsp3) is 0.857. The maximum atomic E-state index is 11.0. The minimum Gasteiger partial charge on any atom is -0.394 e. The van der Waals surface area contributed by atoms with E-state index in [4.69, 9.17) is 20.4 Å². The molecule has 5 N–H and O–H groups in total. The number of rotatable bonds is 6. The molecule has 6 nitrogen and oxygen atoms in total. The average Bonchev–Trinajstić information content (AvgIpc) is 2.14. The molecule has 0 aliphatic rings. The number of Topliss-reactive ketones (excluding diaryl/α,β-unsaturated/α-hetero) is 1. The highest BCUT2D eigenvalue weighted by atomic mass is 16.4. The predicted octanol–water partition coefficient (Wildman–Crippen LogP) is -3.15. The molecule has 0 amide bonds. The molecule has 0 radical (unpaired) electrons. The Kier molecular flexibility index (Phi) is 5.76. The second-order valence-corrected chi connectivity index (χ2v) is 2.67. The lowest BCUT2D eigenvalue weighted by atomic mass is 10.1. The van der Waals surface area contributed by atoms with Crippen molar-refractivity contribution in [2.45, 2.75) is 18.3 Å². The van der Waals surface area contributed by atoms with E-state index in [0.29, 0.717) is 0 Å². The molecule has 0 bridgehead atoms. The van der Waals surface area contributed by atoms with Gasteiger partial charge < -0.3 is 25.7 Å². The quantitative estimate of drug-likeness (QED) is 0.305. The summed E-state index contributed by atoms with van der Waals surface area (Å²) in [6.45, 7) is -0.729. The number of carbonyl (C=O) groups is 1. The van der Waals surface area contributed by atoms with Crippen LogP contribution >= 0.6 is 0 Å². The van der Waals surface area contributed by atoms with E-state index < -0.39 is 30.7 Å². The third kappa shape index (κ3) is 3.79. The third-order valence-electron chi connectivity index (χ3n) is 1.57. The predicted molar refractivity (Wildman–Crippen MR) is 44.0 cm³/mol. The van der Waals surface area contributed by atoms with Crippen LogP contribution in [0.15, 0.2) is 0 Å².